The van der Waals surface area contributed by atoms with Crippen LogP contribution in [-0.4, -0.2) is 29.9 Å². The molecule has 0 aliphatic carbocycles. The zero-order valence-electron chi connectivity index (χ0n) is 10.8. The first-order valence-electron chi connectivity index (χ1n) is 5.45. The average molecular weight is 237 g/mol. The summed E-state index contributed by atoms with van der Waals surface area (Å²) in [6, 6.07) is -0.778. The number of carbonyl (C=O) groups is 2. The van der Waals surface area contributed by atoms with E-state index in [1.807, 2.05) is 0 Å². The number of hydrogen-bond acceptors (Lipinski definition) is 3. The summed E-state index contributed by atoms with van der Waals surface area (Å²) in [6.07, 6.45) is 4.52. The molecule has 0 aromatic heterocycles. The molecule has 0 aliphatic rings. The second-order valence-electron chi connectivity index (χ2n) is 3.81. The number of nitrogens with zero attached hydrogens (tertiary/aromatic N) is 1. The minimum Gasteiger partial charge on any atom is -0.548 e. The Balaban J connectivity index is 0. The Bertz CT molecular complexity index is 221. The van der Waals surface area contributed by atoms with Gasteiger partial charge in [-0.3, -0.25) is 4.79 Å². The first-order chi connectivity index (χ1) is 7.00. The van der Waals surface area contributed by atoms with E-state index < -0.39 is 12.0 Å². The molecule has 1 amide bonds. The van der Waals surface area contributed by atoms with Gasteiger partial charge < -0.3 is 14.8 Å². The average Bonchev–Trinajstić information content (AvgIpc) is 2.16. The van der Waals surface area contributed by atoms with Crippen molar-refractivity contribution in [3.05, 3.63) is 0 Å². The maximum Gasteiger partial charge on any atom is 1.00 e. The van der Waals surface area contributed by atoms with Crippen LogP contribution in [0.25, 0.3) is 0 Å². The Hall–Kier alpha value is -0.0600. The molecule has 88 valence electrons. The van der Waals surface area contributed by atoms with Crippen LogP contribution in [0.2, 0.25) is 0 Å². The van der Waals surface area contributed by atoms with E-state index in [2.05, 4.69) is 6.92 Å². The quantitative estimate of drug-likeness (QED) is 0.365. The predicted octanol–water partition coefficient (Wildman–Crippen LogP) is -2.44. The summed E-state index contributed by atoms with van der Waals surface area (Å²) >= 11 is 0. The van der Waals surface area contributed by atoms with Crippen LogP contribution >= 0.6 is 0 Å². The van der Waals surface area contributed by atoms with Crippen LogP contribution < -0.4 is 34.7 Å². The number of carboxylic acid groups (broad SMARTS) is 1. The maximum atomic E-state index is 11.0. The summed E-state index contributed by atoms with van der Waals surface area (Å²) in [5.74, 6) is -1.40. The van der Waals surface area contributed by atoms with Crippen LogP contribution in [0.4, 0.5) is 0 Å². The Labute approximate surface area is 120 Å². The molecule has 0 N–H and O–H groups in total. The van der Waals surface area contributed by atoms with E-state index in [0.29, 0.717) is 6.42 Å². The van der Waals surface area contributed by atoms with E-state index >= 15 is 0 Å². The number of rotatable bonds is 7. The van der Waals surface area contributed by atoms with Crippen LogP contribution in [0.15, 0.2) is 0 Å². The number of aliphatic carboxylic acids is 1. The fraction of sp³-hybridized carbons (Fsp3) is 0.818. The standard InChI is InChI=1S/C11H21NO3.Na/c1-4-5-6-7-8-10(11(14)15)12(3)9(2)13;/h10H,4-8H2,1-3H3,(H,14,15);/q;+1/p-1. The summed E-state index contributed by atoms with van der Waals surface area (Å²) in [7, 11) is 1.50. The molecule has 16 heavy (non-hydrogen) atoms. The predicted molar refractivity (Wildman–Crippen MR) is 56.0 cm³/mol. The molecule has 1 atom stereocenters. The molecule has 0 radical (unpaired) electrons. The molecule has 0 saturated carbocycles. The van der Waals surface area contributed by atoms with Crippen LogP contribution in [0.1, 0.15) is 46.0 Å². The van der Waals surface area contributed by atoms with E-state index in [4.69, 9.17) is 0 Å². The zero-order chi connectivity index (χ0) is 11.8. The van der Waals surface area contributed by atoms with Crippen molar-refractivity contribution in [3.8, 4) is 0 Å². The fourth-order valence-electron chi connectivity index (χ4n) is 1.45. The smallest absolute Gasteiger partial charge is 0.548 e. The van der Waals surface area contributed by atoms with Crippen LogP contribution in [-0.2, 0) is 9.59 Å². The number of likely N-dealkylation sites (N-methyl/N-ethyl adjacent to an activating group) is 1. The van der Waals surface area contributed by atoms with Gasteiger partial charge in [-0.15, -0.1) is 0 Å². The van der Waals surface area contributed by atoms with E-state index in [1.165, 1.54) is 18.9 Å². The first-order valence-corrected chi connectivity index (χ1v) is 5.45. The van der Waals surface area contributed by atoms with Crippen molar-refractivity contribution >= 4 is 11.9 Å². The third-order valence-corrected chi connectivity index (χ3v) is 2.57. The molecule has 0 aliphatic heterocycles. The first kappa shape index (κ1) is 18.3. The van der Waals surface area contributed by atoms with Gasteiger partial charge in [-0.2, -0.15) is 0 Å². The van der Waals surface area contributed by atoms with Crippen molar-refractivity contribution in [1.82, 2.24) is 4.90 Å². The van der Waals surface area contributed by atoms with Gasteiger partial charge in [-0.05, 0) is 6.42 Å². The second-order valence-corrected chi connectivity index (χ2v) is 3.81. The molecular weight excluding hydrogens is 217 g/mol. The summed E-state index contributed by atoms with van der Waals surface area (Å²) in [5, 5.41) is 10.8. The van der Waals surface area contributed by atoms with E-state index in [9.17, 15) is 14.7 Å². The molecule has 0 heterocycles. The Kier molecular flexibility index (Phi) is 11.6. The van der Waals surface area contributed by atoms with Crippen molar-refractivity contribution in [2.45, 2.75) is 52.0 Å². The molecule has 1 unspecified atom stereocenters. The zero-order valence-corrected chi connectivity index (χ0v) is 12.8. The third-order valence-electron chi connectivity index (χ3n) is 2.57. The molecule has 0 aromatic rings. The van der Waals surface area contributed by atoms with Crippen molar-refractivity contribution in [3.63, 3.8) is 0 Å². The molecule has 0 fully saturated rings. The van der Waals surface area contributed by atoms with Crippen LogP contribution in [0, 0.1) is 0 Å². The summed E-state index contributed by atoms with van der Waals surface area (Å²) < 4.78 is 0. The van der Waals surface area contributed by atoms with Gasteiger partial charge in [-0.25, -0.2) is 0 Å². The number of hydrogen-bond donors (Lipinski definition) is 0. The minimum absolute atomic E-state index is 0. The molecule has 0 saturated heterocycles. The number of unbranched alkanes of at least 4 members (excludes halogenated alkanes) is 3. The summed E-state index contributed by atoms with van der Waals surface area (Å²) in [4.78, 5) is 23.1. The van der Waals surface area contributed by atoms with Gasteiger partial charge in [0.1, 0.15) is 0 Å². The SMILES string of the molecule is CCCCCCC(C(=O)[O-])N(C)C(C)=O.[Na+]. The number of amides is 1. The van der Waals surface area contributed by atoms with Crippen LogP contribution in [0.5, 0.6) is 0 Å². The van der Waals surface area contributed by atoms with Crippen molar-refractivity contribution in [2.24, 2.45) is 0 Å². The van der Waals surface area contributed by atoms with Crippen molar-refractivity contribution in [2.75, 3.05) is 7.05 Å². The Morgan fingerprint density at radius 2 is 1.81 bits per heavy atom. The molecule has 5 heteroatoms. The number of carbonyl (C=O) groups excluding carboxylic acids is 2. The van der Waals surface area contributed by atoms with Crippen molar-refractivity contribution < 1.29 is 44.3 Å². The van der Waals surface area contributed by atoms with E-state index in [1.54, 1.807) is 0 Å². The van der Waals surface area contributed by atoms with Gasteiger partial charge in [-0.1, -0.05) is 32.6 Å². The second kappa shape index (κ2) is 10.1. The molecule has 0 aromatic carbocycles. The molecule has 0 rings (SSSR count). The molecule has 4 nitrogen and oxygen atoms in total. The summed E-state index contributed by atoms with van der Waals surface area (Å²) in [5.41, 5.74) is 0. The summed E-state index contributed by atoms with van der Waals surface area (Å²) in [6.45, 7) is 3.46. The van der Waals surface area contributed by atoms with Gasteiger partial charge in [0.05, 0.1) is 12.0 Å². The normalized spacial score (nSPS) is 11.4. The van der Waals surface area contributed by atoms with Gasteiger partial charge in [0.2, 0.25) is 5.91 Å². The van der Waals surface area contributed by atoms with Gasteiger partial charge >= 0.3 is 29.6 Å². The fourth-order valence-corrected chi connectivity index (χ4v) is 1.45. The molecule has 0 spiro atoms. The van der Waals surface area contributed by atoms with Gasteiger partial charge in [0, 0.05) is 14.0 Å². The van der Waals surface area contributed by atoms with E-state index in [0.717, 1.165) is 25.7 Å². The van der Waals surface area contributed by atoms with E-state index in [-0.39, 0.29) is 35.5 Å². The number of carboxylic acids is 1. The maximum absolute atomic E-state index is 11.0. The third kappa shape index (κ3) is 7.25. The van der Waals surface area contributed by atoms with Gasteiger partial charge in [0.25, 0.3) is 0 Å². The molecule has 0 bridgehead atoms. The van der Waals surface area contributed by atoms with Crippen molar-refractivity contribution in [1.29, 1.82) is 0 Å². The minimum atomic E-state index is -1.16. The van der Waals surface area contributed by atoms with Crippen LogP contribution in [0.3, 0.4) is 0 Å². The van der Waals surface area contributed by atoms with Gasteiger partial charge in [0.15, 0.2) is 0 Å². The largest absolute Gasteiger partial charge is 1.00 e. The topological polar surface area (TPSA) is 60.4 Å². The molecular formula is C11H20NNaO3. The monoisotopic (exact) mass is 237 g/mol. The Morgan fingerprint density at radius 3 is 2.19 bits per heavy atom. The Morgan fingerprint density at radius 1 is 1.25 bits per heavy atom.